The Hall–Kier alpha value is -2.31. The zero-order valence-electron chi connectivity index (χ0n) is 11.0. The summed E-state index contributed by atoms with van der Waals surface area (Å²) in [5.41, 5.74) is 0.718. The lowest BCUT2D eigenvalue weighted by molar-refractivity contribution is -0.274. The van der Waals surface area contributed by atoms with Crippen molar-refractivity contribution in [3.63, 3.8) is 0 Å². The predicted molar refractivity (Wildman–Crippen MR) is 69.4 cm³/mol. The molecule has 0 saturated heterocycles. The molecule has 1 atom stereocenters. The van der Waals surface area contributed by atoms with E-state index in [9.17, 15) is 17.6 Å². The topological polar surface area (TPSA) is 34.2 Å². The van der Waals surface area contributed by atoms with Gasteiger partial charge in [-0.15, -0.1) is 13.2 Å². The summed E-state index contributed by atoms with van der Waals surface area (Å²) >= 11 is 0. The zero-order chi connectivity index (χ0) is 15.5. The largest absolute Gasteiger partial charge is 0.573 e. The second-order valence-corrected chi connectivity index (χ2v) is 4.33. The van der Waals surface area contributed by atoms with Gasteiger partial charge in [-0.1, -0.05) is 18.2 Å². The van der Waals surface area contributed by atoms with Gasteiger partial charge in [0.05, 0.1) is 0 Å². The number of nitrogens with zero attached hydrogens (tertiary/aromatic N) is 1. The van der Waals surface area contributed by atoms with Crippen molar-refractivity contribution in [2.75, 3.05) is 5.32 Å². The summed E-state index contributed by atoms with van der Waals surface area (Å²) in [6, 6.07) is 9.52. The van der Waals surface area contributed by atoms with Crippen LogP contribution in [0.1, 0.15) is 18.5 Å². The number of rotatable bonds is 4. The number of nitrogens with one attached hydrogen (secondary N) is 1. The van der Waals surface area contributed by atoms with Crippen LogP contribution in [0, 0.1) is 5.95 Å². The SMILES string of the molecule is CC(Nc1cccc(F)n1)c1ccc(OC(F)(F)F)cc1. The minimum Gasteiger partial charge on any atom is -0.406 e. The fourth-order valence-corrected chi connectivity index (χ4v) is 1.75. The average Bonchev–Trinajstić information content (AvgIpc) is 2.37. The second-order valence-electron chi connectivity index (χ2n) is 4.33. The van der Waals surface area contributed by atoms with Crippen LogP contribution in [0.4, 0.5) is 23.4 Å². The number of ether oxygens (including phenoxy) is 1. The van der Waals surface area contributed by atoms with E-state index in [4.69, 9.17) is 0 Å². The molecule has 0 spiro atoms. The van der Waals surface area contributed by atoms with E-state index in [1.165, 1.54) is 36.4 Å². The second kappa shape index (κ2) is 5.99. The van der Waals surface area contributed by atoms with Crippen molar-refractivity contribution in [3.05, 3.63) is 54.0 Å². The maximum atomic E-state index is 13.0. The number of anilines is 1. The molecule has 3 nitrogen and oxygen atoms in total. The summed E-state index contributed by atoms with van der Waals surface area (Å²) in [4.78, 5) is 3.65. The molecule has 7 heteroatoms. The molecule has 1 N–H and O–H groups in total. The van der Waals surface area contributed by atoms with Crippen molar-refractivity contribution in [3.8, 4) is 5.75 Å². The fraction of sp³-hybridized carbons (Fsp3) is 0.214. The van der Waals surface area contributed by atoms with Gasteiger partial charge in [-0.3, -0.25) is 0 Å². The molecule has 0 radical (unpaired) electrons. The van der Waals surface area contributed by atoms with Gasteiger partial charge in [-0.25, -0.2) is 4.98 Å². The van der Waals surface area contributed by atoms with Gasteiger partial charge in [-0.05, 0) is 36.8 Å². The average molecular weight is 300 g/mol. The van der Waals surface area contributed by atoms with Crippen LogP contribution in [0.15, 0.2) is 42.5 Å². The first-order valence-corrected chi connectivity index (χ1v) is 6.08. The van der Waals surface area contributed by atoms with Crippen LogP contribution >= 0.6 is 0 Å². The van der Waals surface area contributed by atoms with E-state index in [1.54, 1.807) is 13.0 Å². The van der Waals surface area contributed by atoms with Gasteiger partial charge in [0.25, 0.3) is 0 Å². The van der Waals surface area contributed by atoms with Gasteiger partial charge in [0, 0.05) is 6.04 Å². The van der Waals surface area contributed by atoms with Crippen LogP contribution in [0.2, 0.25) is 0 Å². The van der Waals surface area contributed by atoms with Crippen molar-refractivity contribution in [1.29, 1.82) is 0 Å². The van der Waals surface area contributed by atoms with Gasteiger partial charge >= 0.3 is 6.36 Å². The molecule has 0 aliphatic rings. The highest BCUT2D eigenvalue weighted by Gasteiger charge is 2.31. The molecule has 0 amide bonds. The maximum absolute atomic E-state index is 13.0. The summed E-state index contributed by atoms with van der Waals surface area (Å²) in [5.74, 6) is -0.554. The standard InChI is InChI=1S/C14H12F4N2O/c1-9(19-13-4-2-3-12(15)20-13)10-5-7-11(8-6-10)21-14(16,17)18/h2-9H,1H3,(H,19,20). The van der Waals surface area contributed by atoms with Crippen LogP contribution < -0.4 is 10.1 Å². The quantitative estimate of drug-likeness (QED) is 0.675. The highest BCUT2D eigenvalue weighted by Crippen LogP contribution is 2.25. The number of hydrogen-bond acceptors (Lipinski definition) is 3. The van der Waals surface area contributed by atoms with Gasteiger partial charge in [0.15, 0.2) is 0 Å². The number of hydrogen-bond donors (Lipinski definition) is 1. The van der Waals surface area contributed by atoms with Crippen LogP contribution in [0.3, 0.4) is 0 Å². The van der Waals surface area contributed by atoms with Crippen LogP contribution in [0.5, 0.6) is 5.75 Å². The predicted octanol–water partition coefficient (Wildman–Crippen LogP) is 4.29. The summed E-state index contributed by atoms with van der Waals surface area (Å²) in [6.45, 7) is 1.78. The normalized spacial score (nSPS) is 12.8. The first-order valence-electron chi connectivity index (χ1n) is 6.08. The van der Waals surface area contributed by atoms with E-state index < -0.39 is 12.3 Å². The third kappa shape index (κ3) is 4.62. The summed E-state index contributed by atoms with van der Waals surface area (Å²) in [6.07, 6.45) is -4.71. The molecule has 1 aromatic carbocycles. The molecule has 0 aliphatic carbocycles. The van der Waals surface area contributed by atoms with Crippen molar-refractivity contribution in [2.24, 2.45) is 0 Å². The Morgan fingerprint density at radius 2 is 1.76 bits per heavy atom. The molecule has 0 fully saturated rings. The maximum Gasteiger partial charge on any atom is 0.573 e. The van der Waals surface area contributed by atoms with Crippen LogP contribution in [-0.2, 0) is 0 Å². The Morgan fingerprint density at radius 1 is 1.10 bits per heavy atom. The van der Waals surface area contributed by atoms with Crippen molar-refractivity contribution in [1.82, 2.24) is 4.98 Å². The monoisotopic (exact) mass is 300 g/mol. The lowest BCUT2D eigenvalue weighted by atomic mass is 10.1. The number of aromatic nitrogens is 1. The van der Waals surface area contributed by atoms with Gasteiger partial charge in [0.1, 0.15) is 11.6 Å². The first-order chi connectivity index (χ1) is 9.83. The summed E-state index contributed by atoms with van der Waals surface area (Å²) in [7, 11) is 0. The number of pyridine rings is 1. The van der Waals surface area contributed by atoms with E-state index in [0.717, 1.165) is 5.56 Å². The first kappa shape index (κ1) is 15.1. The summed E-state index contributed by atoms with van der Waals surface area (Å²) in [5, 5.41) is 2.95. The molecule has 0 saturated carbocycles. The van der Waals surface area contributed by atoms with Crippen molar-refractivity contribution < 1.29 is 22.3 Å². The van der Waals surface area contributed by atoms with Crippen molar-refractivity contribution in [2.45, 2.75) is 19.3 Å². The fourth-order valence-electron chi connectivity index (χ4n) is 1.75. The highest BCUT2D eigenvalue weighted by molar-refractivity contribution is 5.39. The van der Waals surface area contributed by atoms with Crippen molar-refractivity contribution >= 4 is 5.82 Å². The molecule has 2 rings (SSSR count). The Morgan fingerprint density at radius 3 is 2.33 bits per heavy atom. The van der Waals surface area contributed by atoms with Gasteiger partial charge in [-0.2, -0.15) is 4.39 Å². The molecule has 0 bridgehead atoms. The number of halogens is 4. The molecule has 2 aromatic rings. The van der Waals surface area contributed by atoms with Crippen LogP contribution in [0.25, 0.3) is 0 Å². The molecule has 1 aromatic heterocycles. The molecule has 1 unspecified atom stereocenters. The smallest absolute Gasteiger partial charge is 0.406 e. The van der Waals surface area contributed by atoms with Gasteiger partial charge in [0.2, 0.25) is 5.95 Å². The minimum atomic E-state index is -4.71. The lowest BCUT2D eigenvalue weighted by Crippen LogP contribution is -2.17. The Bertz CT molecular complexity index is 599. The van der Waals surface area contributed by atoms with Gasteiger partial charge < -0.3 is 10.1 Å². The van der Waals surface area contributed by atoms with E-state index in [0.29, 0.717) is 5.82 Å². The molecular weight excluding hydrogens is 288 g/mol. The Kier molecular flexibility index (Phi) is 4.30. The third-order valence-corrected chi connectivity index (χ3v) is 2.69. The molecule has 112 valence electrons. The Balaban J connectivity index is 2.04. The minimum absolute atomic E-state index is 0.251. The third-order valence-electron chi connectivity index (χ3n) is 2.69. The zero-order valence-corrected chi connectivity index (χ0v) is 11.0. The van der Waals surface area contributed by atoms with E-state index in [1.807, 2.05) is 0 Å². The molecular formula is C14H12F4N2O. The Labute approximate surface area is 118 Å². The van der Waals surface area contributed by atoms with E-state index in [2.05, 4.69) is 15.0 Å². The number of benzene rings is 1. The van der Waals surface area contributed by atoms with E-state index in [-0.39, 0.29) is 11.8 Å². The number of alkyl halides is 3. The van der Waals surface area contributed by atoms with E-state index >= 15 is 0 Å². The highest BCUT2D eigenvalue weighted by atomic mass is 19.4. The molecule has 0 aliphatic heterocycles. The summed E-state index contributed by atoms with van der Waals surface area (Å²) < 4.78 is 52.9. The lowest BCUT2D eigenvalue weighted by Gasteiger charge is -2.16. The van der Waals surface area contributed by atoms with Crippen LogP contribution in [-0.4, -0.2) is 11.3 Å². The molecule has 1 heterocycles. The molecule has 21 heavy (non-hydrogen) atoms.